The van der Waals surface area contributed by atoms with Crippen LogP contribution in [0.1, 0.15) is 46.3 Å². The number of allylic oxidation sites excluding steroid dienone is 1. The molecule has 1 heterocycles. The number of methoxy groups -OCH3 is 1. The van der Waals surface area contributed by atoms with E-state index >= 15 is 0 Å². The van der Waals surface area contributed by atoms with Crippen molar-refractivity contribution in [3.05, 3.63) is 70.8 Å². The third kappa shape index (κ3) is 4.17. The largest absolute Gasteiger partial charge is 0.489 e. The van der Waals surface area contributed by atoms with Crippen LogP contribution < -0.4 is 4.74 Å². The van der Waals surface area contributed by atoms with Crippen molar-refractivity contribution in [2.24, 2.45) is 0 Å². The Morgan fingerprint density at radius 2 is 1.93 bits per heavy atom. The number of likely N-dealkylation sites (tertiary alicyclic amines) is 1. The van der Waals surface area contributed by atoms with E-state index in [9.17, 15) is 9.59 Å². The summed E-state index contributed by atoms with van der Waals surface area (Å²) in [5.41, 5.74) is 5.12. The van der Waals surface area contributed by atoms with Crippen molar-refractivity contribution in [3.8, 4) is 5.75 Å². The number of hydrogen-bond donors (Lipinski definition) is 1. The first-order valence-corrected chi connectivity index (χ1v) is 10.2. The number of fused-ring (bicyclic) bond motifs is 1. The molecule has 6 nitrogen and oxygen atoms in total. The van der Waals surface area contributed by atoms with Crippen LogP contribution in [-0.4, -0.2) is 48.4 Å². The molecule has 1 aliphatic carbocycles. The Kier molecular flexibility index (Phi) is 5.74. The number of rotatable bonds is 4. The van der Waals surface area contributed by atoms with Gasteiger partial charge >= 0.3 is 12.1 Å². The molecule has 0 saturated carbocycles. The SMILES string of the molecule is COC(=O)c1ccc2c(c1)CCCC=C2c1ccc(OC2CCN(C(=O)O)C2)cc1. The Labute approximate surface area is 175 Å². The van der Waals surface area contributed by atoms with Crippen LogP contribution in [0.25, 0.3) is 5.57 Å². The third-order valence-corrected chi connectivity index (χ3v) is 5.70. The highest BCUT2D eigenvalue weighted by atomic mass is 16.5. The van der Waals surface area contributed by atoms with Gasteiger partial charge in [-0.1, -0.05) is 24.3 Å². The second-order valence-electron chi connectivity index (χ2n) is 7.66. The summed E-state index contributed by atoms with van der Waals surface area (Å²) < 4.78 is 10.8. The summed E-state index contributed by atoms with van der Waals surface area (Å²) in [6.45, 7) is 0.910. The Bertz CT molecular complexity index is 980. The molecule has 0 spiro atoms. The molecule has 30 heavy (non-hydrogen) atoms. The van der Waals surface area contributed by atoms with Gasteiger partial charge in [-0.25, -0.2) is 9.59 Å². The highest BCUT2D eigenvalue weighted by Gasteiger charge is 2.27. The van der Waals surface area contributed by atoms with Crippen molar-refractivity contribution in [1.82, 2.24) is 4.90 Å². The van der Waals surface area contributed by atoms with Crippen LogP contribution in [0.15, 0.2) is 48.5 Å². The maximum atomic E-state index is 11.9. The van der Waals surface area contributed by atoms with E-state index in [4.69, 9.17) is 14.6 Å². The summed E-state index contributed by atoms with van der Waals surface area (Å²) in [7, 11) is 1.40. The fraction of sp³-hybridized carbons (Fsp3) is 0.333. The summed E-state index contributed by atoms with van der Waals surface area (Å²) in [5, 5.41) is 9.08. The lowest BCUT2D eigenvalue weighted by Crippen LogP contribution is -2.29. The van der Waals surface area contributed by atoms with Gasteiger partial charge in [-0.05, 0) is 65.8 Å². The average Bonchev–Trinajstić information content (AvgIpc) is 3.13. The number of hydrogen-bond acceptors (Lipinski definition) is 4. The third-order valence-electron chi connectivity index (χ3n) is 5.70. The predicted octanol–water partition coefficient (Wildman–Crippen LogP) is 4.37. The topological polar surface area (TPSA) is 76.1 Å². The number of carbonyl (C=O) groups excluding carboxylic acids is 1. The van der Waals surface area contributed by atoms with Gasteiger partial charge in [0.1, 0.15) is 11.9 Å². The molecule has 0 bridgehead atoms. The Balaban J connectivity index is 1.52. The molecule has 2 aromatic rings. The number of aryl methyl sites for hydroxylation is 1. The second-order valence-corrected chi connectivity index (χ2v) is 7.66. The minimum atomic E-state index is -0.897. The molecule has 1 aliphatic heterocycles. The molecule has 2 aliphatic rings. The van der Waals surface area contributed by atoms with Gasteiger partial charge in [-0.2, -0.15) is 0 Å². The van der Waals surface area contributed by atoms with E-state index in [0.29, 0.717) is 25.1 Å². The first kappa shape index (κ1) is 20.0. The van der Waals surface area contributed by atoms with Gasteiger partial charge in [0.25, 0.3) is 0 Å². The van der Waals surface area contributed by atoms with Crippen LogP contribution >= 0.6 is 0 Å². The zero-order valence-electron chi connectivity index (χ0n) is 17.0. The lowest BCUT2D eigenvalue weighted by Gasteiger charge is -2.16. The quantitative estimate of drug-likeness (QED) is 0.762. The predicted molar refractivity (Wildman–Crippen MR) is 113 cm³/mol. The minimum Gasteiger partial charge on any atom is -0.489 e. The summed E-state index contributed by atoms with van der Waals surface area (Å²) in [6, 6.07) is 13.7. The normalized spacial score (nSPS) is 18.2. The Morgan fingerprint density at radius 3 is 2.63 bits per heavy atom. The van der Waals surface area contributed by atoms with E-state index in [2.05, 4.69) is 6.08 Å². The van der Waals surface area contributed by atoms with Gasteiger partial charge in [0, 0.05) is 13.0 Å². The summed E-state index contributed by atoms with van der Waals surface area (Å²) in [4.78, 5) is 24.3. The zero-order valence-corrected chi connectivity index (χ0v) is 17.0. The van der Waals surface area contributed by atoms with E-state index in [1.165, 1.54) is 12.0 Å². The van der Waals surface area contributed by atoms with Crippen LogP contribution in [0, 0.1) is 0 Å². The zero-order chi connectivity index (χ0) is 21.1. The number of carboxylic acid groups (broad SMARTS) is 1. The molecule has 1 N–H and O–H groups in total. The number of benzene rings is 2. The van der Waals surface area contributed by atoms with Gasteiger partial charge in [0.15, 0.2) is 0 Å². The first-order valence-electron chi connectivity index (χ1n) is 10.2. The van der Waals surface area contributed by atoms with Crippen LogP contribution in [0.2, 0.25) is 0 Å². The fourth-order valence-corrected chi connectivity index (χ4v) is 4.13. The van der Waals surface area contributed by atoms with Crippen molar-refractivity contribution in [1.29, 1.82) is 0 Å². The summed E-state index contributed by atoms with van der Waals surface area (Å²) in [6.07, 6.45) is 4.87. The van der Waals surface area contributed by atoms with E-state index < -0.39 is 6.09 Å². The number of amides is 1. The average molecular weight is 407 g/mol. The van der Waals surface area contributed by atoms with E-state index in [0.717, 1.165) is 47.3 Å². The van der Waals surface area contributed by atoms with Crippen molar-refractivity contribution in [2.75, 3.05) is 20.2 Å². The summed E-state index contributed by atoms with van der Waals surface area (Å²) >= 11 is 0. The minimum absolute atomic E-state index is 0.110. The molecular formula is C24H25NO5. The smallest absolute Gasteiger partial charge is 0.407 e. The highest BCUT2D eigenvalue weighted by Crippen LogP contribution is 2.33. The van der Waals surface area contributed by atoms with Gasteiger partial charge < -0.3 is 19.5 Å². The molecule has 156 valence electrons. The number of carbonyl (C=O) groups is 2. The molecule has 1 saturated heterocycles. The second kappa shape index (κ2) is 8.61. The standard InChI is InChI=1S/C24H25NO5/c1-29-23(26)18-8-11-22-17(14-18)4-2-3-5-21(22)16-6-9-19(10-7-16)30-20-12-13-25(15-20)24(27)28/h5-11,14,20H,2-4,12-13,15H2,1H3,(H,27,28). The van der Waals surface area contributed by atoms with Crippen molar-refractivity contribution in [2.45, 2.75) is 31.8 Å². The summed E-state index contributed by atoms with van der Waals surface area (Å²) in [5.74, 6) is 0.425. The van der Waals surface area contributed by atoms with Crippen molar-refractivity contribution >= 4 is 17.6 Å². The molecule has 1 unspecified atom stereocenters. The maximum absolute atomic E-state index is 11.9. The molecule has 0 radical (unpaired) electrons. The lowest BCUT2D eigenvalue weighted by molar-refractivity contribution is 0.0600. The molecule has 0 aromatic heterocycles. The van der Waals surface area contributed by atoms with E-state index in [1.54, 1.807) is 0 Å². The van der Waals surface area contributed by atoms with Gasteiger partial charge in [-0.15, -0.1) is 0 Å². The monoisotopic (exact) mass is 407 g/mol. The first-order chi connectivity index (χ1) is 14.5. The molecule has 1 fully saturated rings. The highest BCUT2D eigenvalue weighted by molar-refractivity contribution is 5.91. The molecule has 6 heteroatoms. The molecule has 4 rings (SSSR count). The number of ether oxygens (including phenoxy) is 2. The Hall–Kier alpha value is -3.28. The van der Waals surface area contributed by atoms with Crippen LogP contribution in [-0.2, 0) is 11.2 Å². The molecule has 1 amide bonds. The van der Waals surface area contributed by atoms with Gasteiger partial charge in [-0.3, -0.25) is 0 Å². The van der Waals surface area contributed by atoms with Crippen molar-refractivity contribution < 1.29 is 24.2 Å². The van der Waals surface area contributed by atoms with Crippen LogP contribution in [0.3, 0.4) is 0 Å². The van der Waals surface area contributed by atoms with E-state index in [1.807, 2.05) is 42.5 Å². The fourth-order valence-electron chi connectivity index (χ4n) is 4.13. The van der Waals surface area contributed by atoms with Crippen LogP contribution in [0.5, 0.6) is 5.75 Å². The Morgan fingerprint density at radius 1 is 1.13 bits per heavy atom. The van der Waals surface area contributed by atoms with Gasteiger partial charge in [0.2, 0.25) is 0 Å². The lowest BCUT2D eigenvalue weighted by atomic mass is 9.92. The van der Waals surface area contributed by atoms with Gasteiger partial charge in [0.05, 0.1) is 19.2 Å². The molecular weight excluding hydrogens is 382 g/mol. The van der Waals surface area contributed by atoms with Crippen LogP contribution in [0.4, 0.5) is 4.79 Å². The number of esters is 1. The number of nitrogens with zero attached hydrogens (tertiary/aromatic N) is 1. The van der Waals surface area contributed by atoms with Crippen molar-refractivity contribution in [3.63, 3.8) is 0 Å². The molecule has 1 atom stereocenters. The van der Waals surface area contributed by atoms with E-state index in [-0.39, 0.29) is 12.1 Å². The maximum Gasteiger partial charge on any atom is 0.407 e. The molecule has 2 aromatic carbocycles.